The van der Waals surface area contributed by atoms with E-state index in [9.17, 15) is 0 Å². The van der Waals surface area contributed by atoms with Crippen molar-refractivity contribution < 1.29 is 4.74 Å². The summed E-state index contributed by atoms with van der Waals surface area (Å²) in [6, 6.07) is 14.6. The third-order valence-electron chi connectivity index (χ3n) is 3.80. The van der Waals surface area contributed by atoms with Gasteiger partial charge in [-0.15, -0.1) is 0 Å². The molecule has 1 fully saturated rings. The van der Waals surface area contributed by atoms with Gasteiger partial charge in [-0.2, -0.15) is 0 Å². The van der Waals surface area contributed by atoms with Gasteiger partial charge in [-0.05, 0) is 37.1 Å². The Labute approximate surface area is 120 Å². The van der Waals surface area contributed by atoms with Crippen LogP contribution in [0, 0.1) is 13.8 Å². The summed E-state index contributed by atoms with van der Waals surface area (Å²) in [5.74, 6) is 1.05. The number of pyridine rings is 1. The highest BCUT2D eigenvalue weighted by atomic mass is 16.5. The molecule has 2 aromatic rings. The van der Waals surface area contributed by atoms with Crippen LogP contribution in [0.3, 0.4) is 0 Å². The van der Waals surface area contributed by atoms with E-state index in [0.29, 0.717) is 0 Å². The summed E-state index contributed by atoms with van der Waals surface area (Å²) in [5.41, 5.74) is 3.63. The average Bonchev–Trinajstić information content (AvgIpc) is 2.48. The number of aromatic nitrogens is 1. The molecule has 104 valence electrons. The van der Waals surface area contributed by atoms with E-state index >= 15 is 0 Å². The Morgan fingerprint density at radius 2 is 1.95 bits per heavy atom. The number of morpholine rings is 1. The van der Waals surface area contributed by atoms with Gasteiger partial charge in [0.05, 0.1) is 6.61 Å². The summed E-state index contributed by atoms with van der Waals surface area (Å²) < 4.78 is 5.96. The van der Waals surface area contributed by atoms with Crippen LogP contribution in [-0.2, 0) is 4.74 Å². The summed E-state index contributed by atoms with van der Waals surface area (Å²) in [6.07, 6.45) is 0.132. The molecule has 0 bridgehead atoms. The molecule has 2 heterocycles. The Hall–Kier alpha value is -1.87. The van der Waals surface area contributed by atoms with E-state index in [1.54, 1.807) is 0 Å². The summed E-state index contributed by atoms with van der Waals surface area (Å²) in [4.78, 5) is 6.93. The number of aryl methyl sites for hydroxylation is 2. The van der Waals surface area contributed by atoms with Gasteiger partial charge in [0, 0.05) is 18.8 Å². The molecular weight excluding hydrogens is 248 g/mol. The summed E-state index contributed by atoms with van der Waals surface area (Å²) in [5, 5.41) is 0. The standard InChI is InChI=1S/C17H20N2O/c1-13-6-3-4-8-15(13)16-12-19(10-11-20-16)17-9-5-7-14(2)18-17/h3-9,16H,10-12H2,1-2H3. The highest BCUT2D eigenvalue weighted by Gasteiger charge is 2.23. The highest BCUT2D eigenvalue weighted by Crippen LogP contribution is 2.27. The van der Waals surface area contributed by atoms with E-state index in [1.165, 1.54) is 11.1 Å². The molecule has 1 atom stereocenters. The van der Waals surface area contributed by atoms with Crippen molar-refractivity contribution in [3.05, 3.63) is 59.3 Å². The van der Waals surface area contributed by atoms with Gasteiger partial charge in [-0.3, -0.25) is 0 Å². The monoisotopic (exact) mass is 268 g/mol. The van der Waals surface area contributed by atoms with Crippen LogP contribution < -0.4 is 4.90 Å². The van der Waals surface area contributed by atoms with E-state index < -0.39 is 0 Å². The number of hydrogen-bond acceptors (Lipinski definition) is 3. The first-order valence-electron chi connectivity index (χ1n) is 7.10. The van der Waals surface area contributed by atoms with Crippen LogP contribution in [-0.4, -0.2) is 24.7 Å². The van der Waals surface area contributed by atoms with Crippen molar-refractivity contribution in [2.24, 2.45) is 0 Å². The number of benzene rings is 1. The Morgan fingerprint density at radius 3 is 2.75 bits per heavy atom. The average molecular weight is 268 g/mol. The lowest BCUT2D eigenvalue weighted by Gasteiger charge is -2.34. The molecule has 1 aliphatic rings. The van der Waals surface area contributed by atoms with Crippen molar-refractivity contribution in [1.29, 1.82) is 0 Å². The molecule has 1 aliphatic heterocycles. The van der Waals surface area contributed by atoms with Gasteiger partial charge in [-0.25, -0.2) is 4.98 Å². The maximum atomic E-state index is 5.96. The normalized spacial score (nSPS) is 19.1. The second kappa shape index (κ2) is 5.63. The lowest BCUT2D eigenvalue weighted by Crippen LogP contribution is -2.39. The Kier molecular flexibility index (Phi) is 3.70. The third-order valence-corrected chi connectivity index (χ3v) is 3.80. The van der Waals surface area contributed by atoms with Crippen molar-refractivity contribution in [2.45, 2.75) is 20.0 Å². The van der Waals surface area contributed by atoms with Crippen LogP contribution in [0.25, 0.3) is 0 Å². The number of nitrogens with zero attached hydrogens (tertiary/aromatic N) is 2. The minimum atomic E-state index is 0.132. The molecule has 3 nitrogen and oxygen atoms in total. The second-order valence-electron chi connectivity index (χ2n) is 5.30. The first-order chi connectivity index (χ1) is 9.74. The third kappa shape index (κ3) is 2.68. The number of rotatable bonds is 2. The molecule has 20 heavy (non-hydrogen) atoms. The molecule has 0 amide bonds. The fourth-order valence-electron chi connectivity index (χ4n) is 2.70. The maximum absolute atomic E-state index is 5.96. The van der Waals surface area contributed by atoms with Crippen LogP contribution in [0.15, 0.2) is 42.5 Å². The summed E-state index contributed by atoms with van der Waals surface area (Å²) in [6.45, 7) is 6.68. The van der Waals surface area contributed by atoms with Crippen molar-refractivity contribution in [2.75, 3.05) is 24.6 Å². The summed E-state index contributed by atoms with van der Waals surface area (Å²) in [7, 11) is 0. The van der Waals surface area contributed by atoms with Gasteiger partial charge in [0.15, 0.2) is 0 Å². The molecule has 0 radical (unpaired) electrons. The van der Waals surface area contributed by atoms with Crippen LogP contribution in [0.5, 0.6) is 0 Å². The quantitative estimate of drug-likeness (QED) is 0.836. The predicted molar refractivity (Wildman–Crippen MR) is 81.1 cm³/mol. The predicted octanol–water partition coefficient (Wildman–Crippen LogP) is 3.28. The van der Waals surface area contributed by atoms with Gasteiger partial charge in [0.25, 0.3) is 0 Å². The van der Waals surface area contributed by atoms with Gasteiger partial charge < -0.3 is 9.64 Å². The zero-order valence-electron chi connectivity index (χ0n) is 12.0. The highest BCUT2D eigenvalue weighted by molar-refractivity contribution is 5.41. The SMILES string of the molecule is Cc1cccc(N2CCOC(c3ccccc3C)C2)n1. The van der Waals surface area contributed by atoms with Gasteiger partial charge in [0.1, 0.15) is 11.9 Å². The largest absolute Gasteiger partial charge is 0.370 e. The molecule has 3 rings (SSSR count). The topological polar surface area (TPSA) is 25.4 Å². The number of anilines is 1. The molecule has 0 saturated carbocycles. The Bertz CT molecular complexity index is 597. The van der Waals surface area contributed by atoms with Crippen molar-refractivity contribution >= 4 is 5.82 Å². The molecule has 1 unspecified atom stereocenters. The van der Waals surface area contributed by atoms with Gasteiger partial charge >= 0.3 is 0 Å². The van der Waals surface area contributed by atoms with Crippen LogP contribution in [0.4, 0.5) is 5.82 Å². The fraction of sp³-hybridized carbons (Fsp3) is 0.353. The molecule has 0 N–H and O–H groups in total. The van der Waals surface area contributed by atoms with Crippen molar-refractivity contribution in [3.8, 4) is 0 Å². The molecule has 1 aromatic heterocycles. The summed E-state index contributed by atoms with van der Waals surface area (Å²) >= 11 is 0. The van der Waals surface area contributed by atoms with Gasteiger partial charge in [0.2, 0.25) is 0 Å². The first kappa shape index (κ1) is 13.1. The number of hydrogen-bond donors (Lipinski definition) is 0. The molecular formula is C17H20N2O. The molecule has 1 aromatic carbocycles. The van der Waals surface area contributed by atoms with E-state index in [0.717, 1.165) is 31.2 Å². The molecule has 0 aliphatic carbocycles. The second-order valence-corrected chi connectivity index (χ2v) is 5.30. The molecule has 1 saturated heterocycles. The minimum absolute atomic E-state index is 0.132. The minimum Gasteiger partial charge on any atom is -0.370 e. The zero-order valence-corrected chi connectivity index (χ0v) is 12.0. The molecule has 3 heteroatoms. The Balaban J connectivity index is 1.82. The van der Waals surface area contributed by atoms with E-state index in [2.05, 4.69) is 53.2 Å². The Morgan fingerprint density at radius 1 is 1.10 bits per heavy atom. The van der Waals surface area contributed by atoms with E-state index in [4.69, 9.17) is 4.74 Å². The lowest BCUT2D eigenvalue weighted by atomic mass is 10.0. The molecule has 0 spiro atoms. The van der Waals surface area contributed by atoms with E-state index in [1.807, 2.05) is 13.0 Å². The maximum Gasteiger partial charge on any atom is 0.128 e. The van der Waals surface area contributed by atoms with E-state index in [-0.39, 0.29) is 6.10 Å². The van der Waals surface area contributed by atoms with Crippen LogP contribution in [0.2, 0.25) is 0 Å². The first-order valence-corrected chi connectivity index (χ1v) is 7.10. The lowest BCUT2D eigenvalue weighted by molar-refractivity contribution is 0.0391. The van der Waals surface area contributed by atoms with Crippen LogP contribution >= 0.6 is 0 Å². The van der Waals surface area contributed by atoms with Crippen LogP contribution in [0.1, 0.15) is 22.9 Å². The van der Waals surface area contributed by atoms with Gasteiger partial charge in [-0.1, -0.05) is 30.3 Å². The van der Waals surface area contributed by atoms with Crippen molar-refractivity contribution in [3.63, 3.8) is 0 Å². The fourth-order valence-corrected chi connectivity index (χ4v) is 2.70. The zero-order chi connectivity index (χ0) is 13.9. The number of ether oxygens (including phenoxy) is 1. The smallest absolute Gasteiger partial charge is 0.128 e. The van der Waals surface area contributed by atoms with Crippen molar-refractivity contribution in [1.82, 2.24) is 4.98 Å².